The minimum absolute atomic E-state index is 0.0143. The Morgan fingerprint density at radius 3 is 2.41 bits per heavy atom. The van der Waals surface area contributed by atoms with Crippen molar-refractivity contribution in [3.8, 4) is 6.07 Å². The minimum Gasteiger partial charge on any atom is -0.376 e. The number of carbonyl (C=O) groups excluding carboxylic acids is 2. The van der Waals surface area contributed by atoms with Crippen LogP contribution in [0.25, 0.3) is 0 Å². The van der Waals surface area contributed by atoms with E-state index in [9.17, 15) is 9.59 Å². The molecule has 6 nitrogen and oxygen atoms in total. The maximum absolute atomic E-state index is 12.5. The Balaban J connectivity index is 1.58. The molecular weight excluding hydrogens is 340 g/mol. The number of amides is 1. The molecule has 0 saturated carbocycles. The van der Waals surface area contributed by atoms with E-state index in [-0.39, 0.29) is 18.2 Å². The summed E-state index contributed by atoms with van der Waals surface area (Å²) >= 11 is 0. The van der Waals surface area contributed by atoms with Crippen LogP contribution in [0.4, 0.5) is 11.4 Å². The van der Waals surface area contributed by atoms with Gasteiger partial charge in [-0.15, -0.1) is 0 Å². The molecule has 27 heavy (non-hydrogen) atoms. The molecule has 1 N–H and O–H groups in total. The number of anilines is 2. The highest BCUT2D eigenvalue weighted by molar-refractivity contribution is 6.00. The number of nitrogens with one attached hydrogen (secondary N) is 1. The maximum Gasteiger partial charge on any atom is 0.241 e. The molecule has 1 fully saturated rings. The number of carbonyl (C=O) groups is 2. The molecule has 1 saturated heterocycles. The Kier molecular flexibility index (Phi) is 5.72. The SMILES string of the molecule is CC(=O)c1ccc(C#N)cc1NCC(=O)N1CCN(c2ccccc2)CC1. The summed E-state index contributed by atoms with van der Waals surface area (Å²) in [7, 11) is 0. The molecular formula is C21H22N4O2. The first kappa shape index (κ1) is 18.5. The van der Waals surface area contributed by atoms with Crippen LogP contribution < -0.4 is 10.2 Å². The first-order valence-corrected chi connectivity index (χ1v) is 8.95. The fraction of sp³-hybridized carbons (Fsp3) is 0.286. The molecule has 138 valence electrons. The summed E-state index contributed by atoms with van der Waals surface area (Å²) in [5.41, 5.74) is 2.63. The van der Waals surface area contributed by atoms with Gasteiger partial charge in [0.05, 0.1) is 18.2 Å². The molecule has 2 aromatic carbocycles. The molecule has 3 rings (SSSR count). The predicted octanol–water partition coefficient (Wildman–Crippen LogP) is 2.52. The molecule has 0 atom stereocenters. The smallest absolute Gasteiger partial charge is 0.241 e. The van der Waals surface area contributed by atoms with Crippen LogP contribution in [0.5, 0.6) is 0 Å². The van der Waals surface area contributed by atoms with E-state index in [1.807, 2.05) is 23.1 Å². The summed E-state index contributed by atoms with van der Waals surface area (Å²) in [6.45, 7) is 4.47. The van der Waals surface area contributed by atoms with Crippen LogP contribution in [0.15, 0.2) is 48.5 Å². The highest BCUT2D eigenvalue weighted by Crippen LogP contribution is 2.19. The van der Waals surface area contributed by atoms with Gasteiger partial charge in [0.1, 0.15) is 0 Å². The molecule has 0 aliphatic carbocycles. The second kappa shape index (κ2) is 8.37. The summed E-state index contributed by atoms with van der Waals surface area (Å²) in [5.74, 6) is -0.120. The van der Waals surface area contributed by atoms with E-state index in [4.69, 9.17) is 5.26 Å². The standard InChI is InChI=1S/C21H22N4O2/c1-16(26)19-8-7-17(14-22)13-20(19)23-15-21(27)25-11-9-24(10-12-25)18-5-3-2-4-6-18/h2-8,13,23H,9-12,15H2,1H3. The highest BCUT2D eigenvalue weighted by atomic mass is 16.2. The molecule has 2 aromatic rings. The van der Waals surface area contributed by atoms with Crippen molar-refractivity contribution in [2.45, 2.75) is 6.92 Å². The number of hydrogen-bond acceptors (Lipinski definition) is 5. The van der Waals surface area contributed by atoms with Crippen LogP contribution in [0, 0.1) is 11.3 Å². The molecule has 1 aliphatic heterocycles. The van der Waals surface area contributed by atoms with Crippen molar-refractivity contribution in [1.29, 1.82) is 5.26 Å². The Labute approximate surface area is 159 Å². The molecule has 0 bridgehead atoms. The number of rotatable bonds is 5. The molecule has 0 radical (unpaired) electrons. The van der Waals surface area contributed by atoms with Gasteiger partial charge in [0.25, 0.3) is 0 Å². The zero-order valence-electron chi connectivity index (χ0n) is 15.3. The lowest BCUT2D eigenvalue weighted by atomic mass is 10.1. The number of ketones is 1. The van der Waals surface area contributed by atoms with Crippen molar-refractivity contribution in [1.82, 2.24) is 4.90 Å². The van der Waals surface area contributed by atoms with Crippen LogP contribution in [0.1, 0.15) is 22.8 Å². The van der Waals surface area contributed by atoms with Gasteiger partial charge >= 0.3 is 0 Å². The monoisotopic (exact) mass is 362 g/mol. The lowest BCUT2D eigenvalue weighted by Gasteiger charge is -2.36. The summed E-state index contributed by atoms with van der Waals surface area (Å²) in [4.78, 5) is 28.4. The third-order valence-electron chi connectivity index (χ3n) is 4.71. The van der Waals surface area contributed by atoms with E-state index < -0.39 is 0 Å². The Hall–Kier alpha value is -3.33. The zero-order valence-corrected chi connectivity index (χ0v) is 15.3. The lowest BCUT2D eigenvalue weighted by Crippen LogP contribution is -2.50. The number of piperazine rings is 1. The fourth-order valence-electron chi connectivity index (χ4n) is 3.20. The highest BCUT2D eigenvalue weighted by Gasteiger charge is 2.21. The average Bonchev–Trinajstić information content (AvgIpc) is 2.72. The number of para-hydroxylation sites is 1. The van der Waals surface area contributed by atoms with Gasteiger partial charge in [-0.3, -0.25) is 9.59 Å². The van der Waals surface area contributed by atoms with Crippen LogP contribution >= 0.6 is 0 Å². The zero-order chi connectivity index (χ0) is 19.2. The minimum atomic E-state index is -0.106. The normalized spacial score (nSPS) is 13.8. The van der Waals surface area contributed by atoms with Crippen molar-refractivity contribution >= 4 is 23.1 Å². The summed E-state index contributed by atoms with van der Waals surface area (Å²) in [6.07, 6.45) is 0. The number of benzene rings is 2. The quantitative estimate of drug-likeness (QED) is 0.827. The molecule has 1 aliphatic rings. The summed E-state index contributed by atoms with van der Waals surface area (Å²) in [5, 5.41) is 12.1. The van der Waals surface area contributed by atoms with E-state index in [1.54, 1.807) is 18.2 Å². The second-order valence-electron chi connectivity index (χ2n) is 6.49. The van der Waals surface area contributed by atoms with Crippen LogP contribution in [-0.4, -0.2) is 49.3 Å². The van der Waals surface area contributed by atoms with E-state index >= 15 is 0 Å². The fourth-order valence-corrected chi connectivity index (χ4v) is 3.20. The molecule has 1 heterocycles. The van der Waals surface area contributed by atoms with Crippen molar-refractivity contribution in [3.63, 3.8) is 0 Å². The number of nitrogens with zero attached hydrogens (tertiary/aromatic N) is 3. The molecule has 0 spiro atoms. The van der Waals surface area contributed by atoms with Gasteiger partial charge in [-0.1, -0.05) is 18.2 Å². The number of Topliss-reactive ketones (excluding diaryl/α,β-unsaturated/α-hetero) is 1. The van der Waals surface area contributed by atoms with Crippen molar-refractivity contribution in [2.24, 2.45) is 0 Å². The first-order valence-electron chi connectivity index (χ1n) is 8.95. The number of hydrogen-bond donors (Lipinski definition) is 1. The van der Waals surface area contributed by atoms with E-state index in [2.05, 4.69) is 28.4 Å². The third-order valence-corrected chi connectivity index (χ3v) is 4.71. The van der Waals surface area contributed by atoms with Gasteiger partial charge in [0.15, 0.2) is 5.78 Å². The number of nitriles is 1. The first-order chi connectivity index (χ1) is 13.1. The lowest BCUT2D eigenvalue weighted by molar-refractivity contribution is -0.129. The average molecular weight is 362 g/mol. The Bertz CT molecular complexity index is 865. The van der Waals surface area contributed by atoms with Crippen molar-refractivity contribution in [3.05, 3.63) is 59.7 Å². The third kappa shape index (κ3) is 4.45. The van der Waals surface area contributed by atoms with Crippen LogP contribution in [0.3, 0.4) is 0 Å². The van der Waals surface area contributed by atoms with Gasteiger partial charge in [0.2, 0.25) is 5.91 Å². The Morgan fingerprint density at radius 2 is 1.78 bits per heavy atom. The molecule has 0 aromatic heterocycles. The van der Waals surface area contributed by atoms with Gasteiger partial charge in [-0.2, -0.15) is 5.26 Å². The predicted molar refractivity (Wildman–Crippen MR) is 105 cm³/mol. The van der Waals surface area contributed by atoms with Crippen LogP contribution in [-0.2, 0) is 4.79 Å². The summed E-state index contributed by atoms with van der Waals surface area (Å²) in [6, 6.07) is 17.0. The van der Waals surface area contributed by atoms with Gasteiger partial charge in [0, 0.05) is 43.1 Å². The largest absolute Gasteiger partial charge is 0.376 e. The van der Waals surface area contributed by atoms with Gasteiger partial charge in [-0.25, -0.2) is 0 Å². The van der Waals surface area contributed by atoms with Crippen LogP contribution in [0.2, 0.25) is 0 Å². The van der Waals surface area contributed by atoms with Gasteiger partial charge < -0.3 is 15.1 Å². The van der Waals surface area contributed by atoms with E-state index in [0.717, 1.165) is 13.1 Å². The van der Waals surface area contributed by atoms with Crippen molar-refractivity contribution in [2.75, 3.05) is 42.9 Å². The van der Waals surface area contributed by atoms with Gasteiger partial charge in [-0.05, 0) is 37.3 Å². The molecule has 6 heteroatoms. The maximum atomic E-state index is 12.5. The van der Waals surface area contributed by atoms with E-state index in [1.165, 1.54) is 12.6 Å². The second-order valence-corrected chi connectivity index (χ2v) is 6.49. The van der Waals surface area contributed by atoms with E-state index in [0.29, 0.717) is 29.9 Å². The summed E-state index contributed by atoms with van der Waals surface area (Å²) < 4.78 is 0. The Morgan fingerprint density at radius 1 is 1.07 bits per heavy atom. The van der Waals surface area contributed by atoms with Crippen molar-refractivity contribution < 1.29 is 9.59 Å². The molecule has 0 unspecified atom stereocenters. The molecule has 1 amide bonds. The topological polar surface area (TPSA) is 76.4 Å².